The van der Waals surface area contributed by atoms with Crippen molar-refractivity contribution < 1.29 is 4.79 Å². The van der Waals surface area contributed by atoms with Gasteiger partial charge in [-0.3, -0.25) is 4.79 Å². The molecule has 0 amide bonds. The van der Waals surface area contributed by atoms with Crippen LogP contribution in [0, 0.1) is 11.3 Å². The molecule has 0 aliphatic carbocycles. The van der Waals surface area contributed by atoms with Crippen LogP contribution in [-0.2, 0) is 6.54 Å². The molecule has 5 heteroatoms. The maximum absolute atomic E-state index is 12.8. The molecule has 1 aliphatic rings. The Morgan fingerprint density at radius 2 is 2.39 bits per heavy atom. The summed E-state index contributed by atoms with van der Waals surface area (Å²) < 4.78 is 1.74. The third-order valence-electron chi connectivity index (χ3n) is 4.03. The van der Waals surface area contributed by atoms with Crippen LogP contribution in [0.3, 0.4) is 0 Å². The summed E-state index contributed by atoms with van der Waals surface area (Å²) in [6.07, 6.45) is 3.47. The molecule has 1 fully saturated rings. The van der Waals surface area contributed by atoms with Crippen LogP contribution in [-0.4, -0.2) is 33.9 Å². The van der Waals surface area contributed by atoms with Crippen molar-refractivity contribution in [3.63, 3.8) is 0 Å². The van der Waals surface area contributed by atoms with Crippen molar-refractivity contribution in [2.75, 3.05) is 13.1 Å². The third kappa shape index (κ3) is 2.07. The molecule has 5 nitrogen and oxygen atoms in total. The summed E-state index contributed by atoms with van der Waals surface area (Å²) in [5.74, 6) is 0.519. The predicted octanol–water partition coefficient (Wildman–Crippen LogP) is 1.51. The van der Waals surface area contributed by atoms with E-state index in [0.717, 1.165) is 32.5 Å². The van der Waals surface area contributed by atoms with Gasteiger partial charge in [0.15, 0.2) is 5.78 Å². The first kappa shape index (κ1) is 13.2. The molecule has 18 heavy (non-hydrogen) atoms. The molecule has 100 valence electrons. The fourth-order valence-electron chi connectivity index (χ4n) is 2.73. The first-order valence-electron chi connectivity index (χ1n) is 6.76. The van der Waals surface area contributed by atoms with E-state index in [2.05, 4.69) is 36.4 Å². The van der Waals surface area contributed by atoms with Crippen LogP contribution in [0.1, 0.15) is 44.1 Å². The SMILES string of the molecule is CCCn1nncc1C(=O)C1(C(C)C)CCNC1. The van der Waals surface area contributed by atoms with Crippen molar-refractivity contribution in [1.29, 1.82) is 0 Å². The van der Waals surface area contributed by atoms with Crippen LogP contribution in [0.15, 0.2) is 6.20 Å². The van der Waals surface area contributed by atoms with Crippen molar-refractivity contribution in [1.82, 2.24) is 20.3 Å². The number of hydrogen-bond donors (Lipinski definition) is 1. The van der Waals surface area contributed by atoms with Crippen LogP contribution < -0.4 is 5.32 Å². The largest absolute Gasteiger partial charge is 0.316 e. The van der Waals surface area contributed by atoms with Crippen molar-refractivity contribution in [2.24, 2.45) is 11.3 Å². The second-order valence-corrected chi connectivity index (χ2v) is 5.41. The lowest BCUT2D eigenvalue weighted by atomic mass is 9.72. The zero-order chi connectivity index (χ0) is 13.2. The molecule has 1 aliphatic heterocycles. The smallest absolute Gasteiger partial charge is 0.190 e. The van der Waals surface area contributed by atoms with Gasteiger partial charge in [-0.25, -0.2) is 4.68 Å². The van der Waals surface area contributed by atoms with Crippen molar-refractivity contribution in [3.8, 4) is 0 Å². The molecular weight excluding hydrogens is 228 g/mol. The van der Waals surface area contributed by atoms with Crippen LogP contribution >= 0.6 is 0 Å². The number of nitrogens with one attached hydrogen (secondary N) is 1. The molecule has 2 heterocycles. The Hall–Kier alpha value is -1.23. The van der Waals surface area contributed by atoms with E-state index in [-0.39, 0.29) is 11.2 Å². The zero-order valence-electron chi connectivity index (χ0n) is 11.4. The summed E-state index contributed by atoms with van der Waals surface area (Å²) in [5.41, 5.74) is 0.377. The lowest BCUT2D eigenvalue weighted by Gasteiger charge is -2.30. The molecule has 0 bridgehead atoms. The minimum Gasteiger partial charge on any atom is -0.316 e. The Balaban J connectivity index is 2.31. The minimum atomic E-state index is -0.285. The number of carbonyl (C=O) groups excluding carboxylic acids is 1. The second kappa shape index (κ2) is 5.18. The fourth-order valence-corrected chi connectivity index (χ4v) is 2.73. The molecule has 1 aromatic rings. The van der Waals surface area contributed by atoms with Gasteiger partial charge in [-0.1, -0.05) is 26.0 Å². The number of rotatable bonds is 5. The lowest BCUT2D eigenvalue weighted by Crippen LogP contribution is -2.39. The summed E-state index contributed by atoms with van der Waals surface area (Å²) in [6, 6.07) is 0. The maximum atomic E-state index is 12.8. The van der Waals surface area contributed by atoms with Crippen molar-refractivity contribution in [3.05, 3.63) is 11.9 Å². The highest BCUT2D eigenvalue weighted by Crippen LogP contribution is 2.37. The van der Waals surface area contributed by atoms with Crippen LogP contribution in [0.4, 0.5) is 0 Å². The normalized spacial score (nSPS) is 23.8. The van der Waals surface area contributed by atoms with Crippen LogP contribution in [0.2, 0.25) is 0 Å². The Morgan fingerprint density at radius 1 is 1.61 bits per heavy atom. The predicted molar refractivity (Wildman–Crippen MR) is 69.4 cm³/mol. The van der Waals surface area contributed by atoms with E-state index in [4.69, 9.17) is 0 Å². The average molecular weight is 250 g/mol. The first-order chi connectivity index (χ1) is 8.62. The van der Waals surface area contributed by atoms with E-state index in [0.29, 0.717) is 11.6 Å². The standard InChI is InChI=1S/C13H22N4O/c1-4-7-17-11(8-15-16-17)12(18)13(10(2)3)5-6-14-9-13/h8,10,14H,4-7,9H2,1-3H3. The van der Waals surface area contributed by atoms with Crippen LogP contribution in [0.25, 0.3) is 0 Å². The molecule has 1 unspecified atom stereocenters. The zero-order valence-corrected chi connectivity index (χ0v) is 11.4. The molecule has 1 aromatic heterocycles. The van der Waals surface area contributed by atoms with Gasteiger partial charge in [0.2, 0.25) is 0 Å². The summed E-state index contributed by atoms with van der Waals surface area (Å²) in [6.45, 7) is 8.76. The van der Waals surface area contributed by atoms with Gasteiger partial charge in [-0.05, 0) is 25.3 Å². The third-order valence-corrected chi connectivity index (χ3v) is 4.03. The van der Waals surface area contributed by atoms with E-state index in [9.17, 15) is 4.79 Å². The van der Waals surface area contributed by atoms with Crippen molar-refractivity contribution >= 4 is 5.78 Å². The highest BCUT2D eigenvalue weighted by molar-refractivity contribution is 5.99. The van der Waals surface area contributed by atoms with Gasteiger partial charge in [-0.15, -0.1) is 5.10 Å². The monoisotopic (exact) mass is 250 g/mol. The molecule has 0 spiro atoms. The van der Waals surface area contributed by atoms with E-state index in [1.54, 1.807) is 10.9 Å². The van der Waals surface area contributed by atoms with Gasteiger partial charge in [0.1, 0.15) is 5.69 Å². The van der Waals surface area contributed by atoms with Gasteiger partial charge in [0.05, 0.1) is 11.6 Å². The molecule has 0 aromatic carbocycles. The van der Waals surface area contributed by atoms with Gasteiger partial charge in [0, 0.05) is 13.1 Å². The number of aromatic nitrogens is 3. The maximum Gasteiger partial charge on any atom is 0.190 e. The van der Waals surface area contributed by atoms with Gasteiger partial charge in [0.25, 0.3) is 0 Å². The highest BCUT2D eigenvalue weighted by Gasteiger charge is 2.45. The van der Waals surface area contributed by atoms with E-state index >= 15 is 0 Å². The number of aryl methyl sites for hydroxylation is 1. The summed E-state index contributed by atoms with van der Waals surface area (Å²) >= 11 is 0. The second-order valence-electron chi connectivity index (χ2n) is 5.41. The molecule has 1 saturated heterocycles. The summed E-state index contributed by atoms with van der Waals surface area (Å²) in [5, 5.41) is 11.2. The van der Waals surface area contributed by atoms with E-state index in [1.807, 2.05) is 0 Å². The van der Waals surface area contributed by atoms with E-state index < -0.39 is 0 Å². The topological polar surface area (TPSA) is 59.8 Å². The van der Waals surface area contributed by atoms with Gasteiger partial charge < -0.3 is 5.32 Å². The average Bonchev–Trinajstić information content (AvgIpc) is 2.97. The Bertz CT molecular complexity index is 418. The summed E-state index contributed by atoms with van der Waals surface area (Å²) in [4.78, 5) is 12.8. The molecule has 0 saturated carbocycles. The number of carbonyl (C=O) groups is 1. The number of ketones is 1. The molecule has 2 rings (SSSR count). The first-order valence-corrected chi connectivity index (χ1v) is 6.76. The minimum absolute atomic E-state index is 0.195. The molecule has 1 atom stereocenters. The number of nitrogens with zero attached hydrogens (tertiary/aromatic N) is 3. The van der Waals surface area contributed by atoms with Crippen LogP contribution in [0.5, 0.6) is 0 Å². The lowest BCUT2D eigenvalue weighted by molar-refractivity contribution is 0.0727. The number of Topliss-reactive ketones (excluding diaryl/α,β-unsaturated/α-hetero) is 1. The quantitative estimate of drug-likeness (QED) is 0.805. The molecular formula is C13H22N4O. The fraction of sp³-hybridized carbons (Fsp3) is 0.769. The van der Waals surface area contributed by atoms with Crippen molar-refractivity contribution in [2.45, 2.75) is 40.2 Å². The van der Waals surface area contributed by atoms with Gasteiger partial charge >= 0.3 is 0 Å². The highest BCUT2D eigenvalue weighted by atomic mass is 16.1. The molecule has 0 radical (unpaired) electrons. The Labute approximate surface area is 108 Å². The summed E-state index contributed by atoms with van der Waals surface area (Å²) in [7, 11) is 0. The van der Waals surface area contributed by atoms with E-state index in [1.165, 1.54) is 0 Å². The van der Waals surface area contributed by atoms with Gasteiger partial charge in [-0.2, -0.15) is 0 Å². The Kier molecular flexibility index (Phi) is 3.80. The Morgan fingerprint density at radius 3 is 2.94 bits per heavy atom. The molecule has 1 N–H and O–H groups in total. The number of hydrogen-bond acceptors (Lipinski definition) is 4.